The summed E-state index contributed by atoms with van der Waals surface area (Å²) >= 11 is 9.45. The summed E-state index contributed by atoms with van der Waals surface area (Å²) in [5.41, 5.74) is 0. The van der Waals surface area contributed by atoms with Gasteiger partial charge < -0.3 is 14.5 Å². The molecule has 0 unspecified atom stereocenters. The Hall–Kier alpha value is -0.970. The van der Waals surface area contributed by atoms with Gasteiger partial charge in [0.1, 0.15) is 23.9 Å². The van der Waals surface area contributed by atoms with Gasteiger partial charge in [0.2, 0.25) is 0 Å². The molecule has 0 aliphatic carbocycles. The lowest BCUT2D eigenvalue weighted by Gasteiger charge is -2.06. The van der Waals surface area contributed by atoms with E-state index < -0.39 is 0 Å². The Bertz CT molecular complexity index is 557. The summed E-state index contributed by atoms with van der Waals surface area (Å²) in [5.74, 6) is 2.35. The molecule has 0 fully saturated rings. The average molecular weight is 359 g/mol. The summed E-state index contributed by atoms with van der Waals surface area (Å²) in [5, 5.41) is 3.87. The Balaban J connectivity index is 1.87. The Labute approximate surface area is 132 Å². The van der Waals surface area contributed by atoms with E-state index in [0.29, 0.717) is 17.4 Å². The van der Waals surface area contributed by atoms with Crippen molar-refractivity contribution in [3.8, 4) is 5.75 Å². The van der Waals surface area contributed by atoms with Crippen molar-refractivity contribution in [3.05, 3.63) is 51.3 Å². The molecule has 1 heterocycles. The van der Waals surface area contributed by atoms with Gasteiger partial charge in [-0.25, -0.2) is 0 Å². The fourth-order valence-corrected chi connectivity index (χ4v) is 2.45. The SMILES string of the molecule is CCCNCc1ccc(COc2ccc(Br)cc2Cl)o1. The van der Waals surface area contributed by atoms with Gasteiger partial charge in [-0.2, -0.15) is 0 Å². The largest absolute Gasteiger partial charge is 0.484 e. The molecule has 108 valence electrons. The summed E-state index contributed by atoms with van der Waals surface area (Å²) in [4.78, 5) is 0. The van der Waals surface area contributed by atoms with Crippen LogP contribution < -0.4 is 10.1 Å². The van der Waals surface area contributed by atoms with Gasteiger partial charge in [-0.05, 0) is 43.3 Å². The number of benzene rings is 1. The zero-order valence-electron chi connectivity index (χ0n) is 11.3. The van der Waals surface area contributed by atoms with Crippen molar-refractivity contribution >= 4 is 27.5 Å². The van der Waals surface area contributed by atoms with Crippen molar-refractivity contribution in [1.29, 1.82) is 0 Å². The normalized spacial score (nSPS) is 10.8. The summed E-state index contributed by atoms with van der Waals surface area (Å²) in [7, 11) is 0. The van der Waals surface area contributed by atoms with Crippen LogP contribution in [-0.4, -0.2) is 6.54 Å². The smallest absolute Gasteiger partial charge is 0.146 e. The maximum atomic E-state index is 6.09. The molecule has 1 N–H and O–H groups in total. The number of hydrogen-bond donors (Lipinski definition) is 1. The van der Waals surface area contributed by atoms with Gasteiger partial charge in [-0.3, -0.25) is 0 Å². The van der Waals surface area contributed by atoms with Crippen LogP contribution >= 0.6 is 27.5 Å². The second kappa shape index (κ2) is 7.72. The predicted octanol–water partition coefficient (Wildman–Crippen LogP) is 4.77. The molecule has 0 spiro atoms. The molecule has 0 aliphatic rings. The van der Waals surface area contributed by atoms with Gasteiger partial charge >= 0.3 is 0 Å². The van der Waals surface area contributed by atoms with Crippen molar-refractivity contribution in [3.63, 3.8) is 0 Å². The maximum Gasteiger partial charge on any atom is 0.146 e. The first-order valence-electron chi connectivity index (χ1n) is 6.55. The lowest BCUT2D eigenvalue weighted by molar-refractivity contribution is 0.265. The van der Waals surface area contributed by atoms with E-state index >= 15 is 0 Å². The second-order valence-electron chi connectivity index (χ2n) is 4.41. The van der Waals surface area contributed by atoms with Crippen molar-refractivity contribution in [2.75, 3.05) is 6.54 Å². The fourth-order valence-electron chi connectivity index (χ4n) is 1.72. The molecule has 0 radical (unpaired) electrons. The zero-order valence-corrected chi connectivity index (χ0v) is 13.6. The molecule has 2 rings (SSSR count). The van der Waals surface area contributed by atoms with Crippen LogP contribution in [0.1, 0.15) is 24.9 Å². The van der Waals surface area contributed by atoms with Crippen LogP contribution in [0, 0.1) is 0 Å². The number of hydrogen-bond acceptors (Lipinski definition) is 3. The van der Waals surface area contributed by atoms with Gasteiger partial charge in [0.15, 0.2) is 0 Å². The third kappa shape index (κ3) is 4.54. The lowest BCUT2D eigenvalue weighted by Crippen LogP contribution is -2.13. The highest BCUT2D eigenvalue weighted by Crippen LogP contribution is 2.28. The van der Waals surface area contributed by atoms with E-state index in [1.54, 1.807) is 6.07 Å². The molecule has 0 bridgehead atoms. The number of ether oxygens (including phenoxy) is 1. The van der Waals surface area contributed by atoms with E-state index in [1.165, 1.54) is 0 Å². The lowest BCUT2D eigenvalue weighted by atomic mass is 10.3. The van der Waals surface area contributed by atoms with Crippen LogP contribution in [0.25, 0.3) is 0 Å². The molecular weight excluding hydrogens is 342 g/mol. The monoisotopic (exact) mass is 357 g/mol. The minimum atomic E-state index is 0.370. The van der Waals surface area contributed by atoms with Crippen molar-refractivity contribution in [1.82, 2.24) is 5.32 Å². The third-order valence-corrected chi connectivity index (χ3v) is 3.50. The maximum absolute atomic E-state index is 6.09. The molecular formula is C15H17BrClNO2. The van der Waals surface area contributed by atoms with Crippen LogP contribution in [0.15, 0.2) is 39.2 Å². The summed E-state index contributed by atoms with van der Waals surface area (Å²) in [6.45, 7) is 4.24. The highest BCUT2D eigenvalue weighted by molar-refractivity contribution is 9.10. The quantitative estimate of drug-likeness (QED) is 0.724. The first kappa shape index (κ1) is 15.4. The molecule has 0 saturated carbocycles. The first-order valence-corrected chi connectivity index (χ1v) is 7.72. The van der Waals surface area contributed by atoms with E-state index in [4.69, 9.17) is 20.8 Å². The Morgan fingerprint density at radius 3 is 2.80 bits per heavy atom. The first-order chi connectivity index (χ1) is 9.69. The van der Waals surface area contributed by atoms with Gasteiger partial charge in [-0.15, -0.1) is 0 Å². The molecule has 20 heavy (non-hydrogen) atoms. The fraction of sp³-hybridized carbons (Fsp3) is 0.333. The molecule has 2 aromatic rings. The van der Waals surface area contributed by atoms with E-state index in [2.05, 4.69) is 28.2 Å². The summed E-state index contributed by atoms with van der Waals surface area (Å²) in [6.07, 6.45) is 1.11. The molecule has 5 heteroatoms. The van der Waals surface area contributed by atoms with Crippen molar-refractivity contribution in [2.24, 2.45) is 0 Å². The van der Waals surface area contributed by atoms with Gasteiger partial charge in [0, 0.05) is 4.47 Å². The van der Waals surface area contributed by atoms with Crippen molar-refractivity contribution in [2.45, 2.75) is 26.5 Å². The molecule has 0 aliphatic heterocycles. The molecule has 0 saturated heterocycles. The van der Waals surface area contributed by atoms with Crippen LogP contribution in [0.3, 0.4) is 0 Å². The Morgan fingerprint density at radius 2 is 2.05 bits per heavy atom. The highest BCUT2D eigenvalue weighted by atomic mass is 79.9. The van der Waals surface area contributed by atoms with E-state index in [-0.39, 0.29) is 0 Å². The second-order valence-corrected chi connectivity index (χ2v) is 5.73. The number of rotatable bonds is 7. The third-order valence-electron chi connectivity index (χ3n) is 2.71. The number of furan rings is 1. The highest BCUT2D eigenvalue weighted by Gasteiger charge is 2.06. The van der Waals surface area contributed by atoms with Crippen molar-refractivity contribution < 1.29 is 9.15 Å². The Morgan fingerprint density at radius 1 is 1.25 bits per heavy atom. The van der Waals surface area contributed by atoms with E-state index in [1.807, 2.05) is 24.3 Å². The van der Waals surface area contributed by atoms with Gasteiger partial charge in [0.05, 0.1) is 11.6 Å². The van der Waals surface area contributed by atoms with E-state index in [0.717, 1.165) is 35.5 Å². The van der Waals surface area contributed by atoms with Crippen LogP contribution in [0.2, 0.25) is 5.02 Å². The molecule has 0 amide bonds. The average Bonchev–Trinajstić information content (AvgIpc) is 2.86. The summed E-state index contributed by atoms with van der Waals surface area (Å²) < 4.78 is 12.3. The van der Waals surface area contributed by atoms with Crippen LogP contribution in [0.5, 0.6) is 5.75 Å². The topological polar surface area (TPSA) is 34.4 Å². The molecule has 1 aromatic carbocycles. The van der Waals surface area contributed by atoms with Crippen LogP contribution in [0.4, 0.5) is 0 Å². The zero-order chi connectivity index (χ0) is 14.4. The van der Waals surface area contributed by atoms with Gasteiger partial charge in [0.25, 0.3) is 0 Å². The molecule has 3 nitrogen and oxygen atoms in total. The van der Waals surface area contributed by atoms with Crippen LogP contribution in [-0.2, 0) is 13.2 Å². The number of halogens is 2. The molecule has 1 aromatic heterocycles. The molecule has 0 atom stereocenters. The summed E-state index contributed by atoms with van der Waals surface area (Å²) in [6, 6.07) is 9.42. The predicted molar refractivity (Wildman–Crippen MR) is 84.2 cm³/mol. The van der Waals surface area contributed by atoms with E-state index in [9.17, 15) is 0 Å². The standard InChI is InChI=1S/C15H17BrClNO2/c1-2-7-18-9-12-4-5-13(20-12)10-19-15-6-3-11(16)8-14(15)17/h3-6,8,18H,2,7,9-10H2,1H3. The minimum Gasteiger partial charge on any atom is -0.484 e. The van der Waals surface area contributed by atoms with Gasteiger partial charge in [-0.1, -0.05) is 34.5 Å². The minimum absolute atomic E-state index is 0.370. The Kier molecular flexibility index (Phi) is 5.95. The number of nitrogens with one attached hydrogen (secondary N) is 1.